The average Bonchev–Trinajstić information content (AvgIpc) is 2.75. The van der Waals surface area contributed by atoms with Gasteiger partial charge >= 0.3 is 0 Å². The largest absolute Gasteiger partial charge is 0.399 e. The smallest absolute Gasteiger partial charge is 0.128 e. The Labute approximate surface area is 98.8 Å². The Kier molecular flexibility index (Phi) is 3.01. The van der Waals surface area contributed by atoms with Crippen LogP contribution in [-0.2, 0) is 0 Å². The van der Waals surface area contributed by atoms with Gasteiger partial charge in [-0.2, -0.15) is 0 Å². The summed E-state index contributed by atoms with van der Waals surface area (Å²) in [4.78, 5) is 7.22. The van der Waals surface area contributed by atoms with Gasteiger partial charge in [-0.3, -0.25) is 0 Å². The number of aromatic nitrogens is 2. The van der Waals surface area contributed by atoms with Crippen LogP contribution in [0.3, 0.4) is 0 Å². The van der Waals surface area contributed by atoms with E-state index < -0.39 is 0 Å². The fraction of sp³-hybridized carbons (Fsp3) is 0.182. The number of H-pyrrole nitrogens is 1. The van der Waals surface area contributed by atoms with Crippen molar-refractivity contribution in [3.8, 4) is 0 Å². The van der Waals surface area contributed by atoms with E-state index in [4.69, 9.17) is 17.3 Å². The summed E-state index contributed by atoms with van der Waals surface area (Å²) in [5, 5.41) is 3.87. The summed E-state index contributed by atoms with van der Waals surface area (Å²) in [6.07, 6.45) is 3.51. The highest BCUT2D eigenvalue weighted by Crippen LogP contribution is 2.26. The highest BCUT2D eigenvalue weighted by Gasteiger charge is 2.09. The summed E-state index contributed by atoms with van der Waals surface area (Å²) >= 11 is 6.06. The van der Waals surface area contributed by atoms with Gasteiger partial charge in [0.05, 0.1) is 16.8 Å². The van der Waals surface area contributed by atoms with Crippen molar-refractivity contribution in [2.75, 3.05) is 11.1 Å². The molecule has 4 nitrogen and oxygen atoms in total. The average molecular weight is 237 g/mol. The molecule has 2 rings (SSSR count). The van der Waals surface area contributed by atoms with Gasteiger partial charge in [0, 0.05) is 18.1 Å². The number of hydrogen-bond donors (Lipinski definition) is 3. The van der Waals surface area contributed by atoms with Crippen molar-refractivity contribution in [3.05, 3.63) is 41.4 Å². The molecule has 1 aromatic heterocycles. The number of hydrogen-bond acceptors (Lipinski definition) is 3. The lowest BCUT2D eigenvalue weighted by Crippen LogP contribution is -2.08. The Morgan fingerprint density at radius 3 is 2.94 bits per heavy atom. The first kappa shape index (κ1) is 10.8. The molecule has 1 aromatic carbocycles. The van der Waals surface area contributed by atoms with E-state index in [0.717, 1.165) is 11.5 Å². The number of nitrogen functional groups attached to an aromatic ring is 1. The molecule has 0 fully saturated rings. The second-order valence-corrected chi connectivity index (χ2v) is 3.99. The number of imidazole rings is 1. The van der Waals surface area contributed by atoms with E-state index in [1.807, 2.05) is 19.1 Å². The minimum absolute atomic E-state index is 0.0659. The van der Waals surface area contributed by atoms with Crippen molar-refractivity contribution >= 4 is 23.0 Å². The third kappa shape index (κ3) is 2.28. The number of anilines is 2. The number of nitrogens with zero attached hydrogens (tertiary/aromatic N) is 1. The Hall–Kier alpha value is -1.68. The fourth-order valence-electron chi connectivity index (χ4n) is 1.46. The molecule has 1 unspecified atom stereocenters. The topological polar surface area (TPSA) is 66.7 Å². The van der Waals surface area contributed by atoms with Gasteiger partial charge in [-0.15, -0.1) is 0 Å². The van der Waals surface area contributed by atoms with Crippen LogP contribution in [0.5, 0.6) is 0 Å². The second kappa shape index (κ2) is 4.45. The Bertz CT molecular complexity index is 467. The van der Waals surface area contributed by atoms with Crippen LogP contribution in [0.25, 0.3) is 0 Å². The zero-order valence-corrected chi connectivity index (χ0v) is 9.62. The molecule has 0 amide bonds. The molecule has 0 saturated carbocycles. The first-order valence-electron chi connectivity index (χ1n) is 4.97. The second-order valence-electron chi connectivity index (χ2n) is 3.58. The maximum atomic E-state index is 6.06. The Morgan fingerprint density at radius 1 is 1.50 bits per heavy atom. The van der Waals surface area contributed by atoms with E-state index in [0.29, 0.717) is 10.7 Å². The predicted octanol–water partition coefficient (Wildman–Crippen LogP) is 2.82. The van der Waals surface area contributed by atoms with Crippen molar-refractivity contribution in [3.63, 3.8) is 0 Å². The van der Waals surface area contributed by atoms with Crippen LogP contribution in [-0.4, -0.2) is 9.97 Å². The first-order valence-corrected chi connectivity index (χ1v) is 5.35. The third-order valence-corrected chi connectivity index (χ3v) is 2.61. The summed E-state index contributed by atoms with van der Waals surface area (Å²) in [5.41, 5.74) is 7.12. The summed E-state index contributed by atoms with van der Waals surface area (Å²) < 4.78 is 0. The van der Waals surface area contributed by atoms with E-state index in [-0.39, 0.29) is 6.04 Å². The molecule has 0 aliphatic rings. The summed E-state index contributed by atoms with van der Waals surface area (Å²) in [6.45, 7) is 2.01. The number of nitrogens with two attached hydrogens (primary N) is 1. The maximum absolute atomic E-state index is 6.06. The van der Waals surface area contributed by atoms with E-state index in [1.165, 1.54) is 0 Å². The quantitative estimate of drug-likeness (QED) is 0.718. The molecule has 0 aliphatic heterocycles. The molecule has 0 aliphatic carbocycles. The van der Waals surface area contributed by atoms with E-state index in [2.05, 4.69) is 15.3 Å². The Balaban J connectivity index is 2.15. The van der Waals surface area contributed by atoms with Crippen molar-refractivity contribution < 1.29 is 0 Å². The SMILES string of the molecule is CC(Nc1ccc(N)cc1Cl)c1ncc[nH]1. The highest BCUT2D eigenvalue weighted by atomic mass is 35.5. The number of nitrogens with one attached hydrogen (secondary N) is 2. The minimum atomic E-state index is 0.0659. The molecule has 0 bridgehead atoms. The van der Waals surface area contributed by atoms with Crippen molar-refractivity contribution in [2.45, 2.75) is 13.0 Å². The lowest BCUT2D eigenvalue weighted by Gasteiger charge is -2.14. The number of benzene rings is 1. The highest BCUT2D eigenvalue weighted by molar-refractivity contribution is 6.33. The lowest BCUT2D eigenvalue weighted by molar-refractivity contribution is 0.810. The van der Waals surface area contributed by atoms with Gasteiger partial charge in [-0.05, 0) is 25.1 Å². The van der Waals surface area contributed by atoms with Gasteiger partial charge < -0.3 is 16.0 Å². The van der Waals surface area contributed by atoms with Crippen LogP contribution in [0, 0.1) is 0 Å². The fourth-order valence-corrected chi connectivity index (χ4v) is 1.71. The maximum Gasteiger partial charge on any atom is 0.128 e. The van der Waals surface area contributed by atoms with E-state index in [9.17, 15) is 0 Å². The molecule has 2 aromatic rings. The van der Waals surface area contributed by atoms with E-state index in [1.54, 1.807) is 18.5 Å². The van der Waals surface area contributed by atoms with Crippen molar-refractivity contribution in [2.24, 2.45) is 0 Å². The molecule has 5 heteroatoms. The van der Waals surface area contributed by atoms with Crippen LogP contribution >= 0.6 is 11.6 Å². The molecular weight excluding hydrogens is 224 g/mol. The summed E-state index contributed by atoms with van der Waals surface area (Å²) in [7, 11) is 0. The van der Waals surface area contributed by atoms with E-state index >= 15 is 0 Å². The monoisotopic (exact) mass is 236 g/mol. The van der Waals surface area contributed by atoms with Gasteiger partial charge in [-0.25, -0.2) is 4.98 Å². The molecule has 0 spiro atoms. The summed E-state index contributed by atoms with van der Waals surface area (Å²) in [6, 6.07) is 5.45. The number of rotatable bonds is 3. The normalized spacial score (nSPS) is 12.4. The standard InChI is InChI=1S/C11H13ClN4/c1-7(11-14-4-5-15-11)16-10-3-2-8(13)6-9(10)12/h2-7,16H,13H2,1H3,(H,14,15). The molecular formula is C11H13ClN4. The Morgan fingerprint density at radius 2 is 2.31 bits per heavy atom. The molecule has 4 N–H and O–H groups in total. The van der Waals surface area contributed by atoms with Crippen molar-refractivity contribution in [1.82, 2.24) is 9.97 Å². The first-order chi connectivity index (χ1) is 7.66. The van der Waals surface area contributed by atoms with Crippen molar-refractivity contribution in [1.29, 1.82) is 0 Å². The molecule has 1 atom stereocenters. The van der Waals surface area contributed by atoms with Crippen LogP contribution in [0.4, 0.5) is 11.4 Å². The van der Waals surface area contributed by atoms with Gasteiger partial charge in [0.1, 0.15) is 5.82 Å². The zero-order chi connectivity index (χ0) is 11.5. The molecule has 0 radical (unpaired) electrons. The summed E-state index contributed by atoms with van der Waals surface area (Å²) in [5.74, 6) is 0.868. The van der Waals surface area contributed by atoms with Crippen LogP contribution < -0.4 is 11.1 Å². The number of halogens is 1. The van der Waals surface area contributed by atoms with Gasteiger partial charge in [0.2, 0.25) is 0 Å². The molecule has 1 heterocycles. The minimum Gasteiger partial charge on any atom is -0.399 e. The van der Waals surface area contributed by atoms with Crippen LogP contribution in [0.1, 0.15) is 18.8 Å². The van der Waals surface area contributed by atoms with Crippen LogP contribution in [0.2, 0.25) is 5.02 Å². The molecule has 16 heavy (non-hydrogen) atoms. The molecule has 0 saturated heterocycles. The van der Waals surface area contributed by atoms with Gasteiger partial charge in [-0.1, -0.05) is 11.6 Å². The predicted molar refractivity (Wildman–Crippen MR) is 66.5 cm³/mol. The zero-order valence-electron chi connectivity index (χ0n) is 8.87. The number of aromatic amines is 1. The van der Waals surface area contributed by atoms with Crippen LogP contribution in [0.15, 0.2) is 30.6 Å². The third-order valence-electron chi connectivity index (χ3n) is 2.29. The van der Waals surface area contributed by atoms with Gasteiger partial charge in [0.15, 0.2) is 0 Å². The lowest BCUT2D eigenvalue weighted by atomic mass is 10.2. The van der Waals surface area contributed by atoms with Gasteiger partial charge in [0.25, 0.3) is 0 Å². The molecule has 84 valence electrons.